The van der Waals surface area contributed by atoms with Crippen LogP contribution in [-0.4, -0.2) is 20.8 Å². The van der Waals surface area contributed by atoms with Gasteiger partial charge in [-0.25, -0.2) is 0 Å². The van der Waals surface area contributed by atoms with Crippen LogP contribution >= 0.6 is 0 Å². The summed E-state index contributed by atoms with van der Waals surface area (Å²) in [6.45, 7) is 4.22. The fourth-order valence-electron chi connectivity index (χ4n) is 1.44. The molecule has 3 nitrogen and oxygen atoms in total. The molecule has 0 unspecified atom stereocenters. The Morgan fingerprint density at radius 2 is 1.88 bits per heavy atom. The summed E-state index contributed by atoms with van der Waals surface area (Å²) in [6, 6.07) is 5.76. The number of methoxy groups -OCH3 is 2. The van der Waals surface area contributed by atoms with Crippen molar-refractivity contribution in [1.82, 2.24) is 0 Å². The molecule has 1 rings (SSSR count). The summed E-state index contributed by atoms with van der Waals surface area (Å²) >= 11 is 0. The number of benzene rings is 1. The SMILES string of the molecule is CC#CCO[C@H](C)c1ccc(OC)c(OC)c1. The predicted octanol–water partition coefficient (Wildman–Crippen LogP) is 2.80. The van der Waals surface area contributed by atoms with Crippen molar-refractivity contribution >= 4 is 0 Å². The van der Waals surface area contributed by atoms with E-state index in [2.05, 4.69) is 11.8 Å². The maximum atomic E-state index is 5.57. The fourth-order valence-corrected chi connectivity index (χ4v) is 1.44. The Hall–Kier alpha value is -1.66. The Labute approximate surface area is 103 Å². The summed E-state index contributed by atoms with van der Waals surface area (Å²) in [7, 11) is 3.24. The molecule has 1 aromatic carbocycles. The van der Waals surface area contributed by atoms with Crippen molar-refractivity contribution in [1.29, 1.82) is 0 Å². The Balaban J connectivity index is 2.79. The van der Waals surface area contributed by atoms with Crippen LogP contribution in [0.1, 0.15) is 25.5 Å². The minimum Gasteiger partial charge on any atom is -0.493 e. The molecule has 0 saturated heterocycles. The fraction of sp³-hybridized carbons (Fsp3) is 0.429. The van der Waals surface area contributed by atoms with Gasteiger partial charge in [0.15, 0.2) is 11.5 Å². The monoisotopic (exact) mass is 234 g/mol. The Morgan fingerprint density at radius 1 is 1.18 bits per heavy atom. The normalized spacial score (nSPS) is 11.3. The highest BCUT2D eigenvalue weighted by molar-refractivity contribution is 5.43. The largest absolute Gasteiger partial charge is 0.493 e. The Morgan fingerprint density at radius 3 is 2.47 bits per heavy atom. The highest BCUT2D eigenvalue weighted by Crippen LogP contribution is 2.30. The second-order valence-corrected chi connectivity index (χ2v) is 3.49. The van der Waals surface area contributed by atoms with Gasteiger partial charge in [0.2, 0.25) is 0 Å². The highest BCUT2D eigenvalue weighted by Gasteiger charge is 2.09. The zero-order valence-corrected chi connectivity index (χ0v) is 10.7. The molecule has 0 aliphatic carbocycles. The third-order valence-electron chi connectivity index (χ3n) is 2.46. The van der Waals surface area contributed by atoms with E-state index in [1.54, 1.807) is 21.1 Å². The lowest BCUT2D eigenvalue weighted by atomic mass is 10.1. The summed E-state index contributed by atoms with van der Waals surface area (Å²) in [6.07, 6.45) is -0.0179. The zero-order valence-electron chi connectivity index (χ0n) is 10.7. The standard InChI is InChI=1S/C14H18O3/c1-5-6-9-17-11(2)12-7-8-13(15-3)14(10-12)16-4/h7-8,10-11H,9H2,1-4H3/t11-/m1/s1. The summed E-state index contributed by atoms with van der Waals surface area (Å²) in [5.74, 6) is 7.10. The maximum Gasteiger partial charge on any atom is 0.161 e. The first-order chi connectivity index (χ1) is 8.22. The molecule has 0 radical (unpaired) electrons. The van der Waals surface area contributed by atoms with Crippen molar-refractivity contribution in [2.45, 2.75) is 20.0 Å². The Bertz CT molecular complexity index is 415. The molecule has 0 amide bonds. The number of rotatable bonds is 5. The first-order valence-corrected chi connectivity index (χ1v) is 5.46. The van der Waals surface area contributed by atoms with Gasteiger partial charge in [-0.15, -0.1) is 5.92 Å². The van der Waals surface area contributed by atoms with Crippen LogP contribution in [-0.2, 0) is 4.74 Å². The Kier molecular flexibility index (Phi) is 5.38. The van der Waals surface area contributed by atoms with Crippen molar-refractivity contribution in [2.75, 3.05) is 20.8 Å². The van der Waals surface area contributed by atoms with Crippen molar-refractivity contribution in [2.24, 2.45) is 0 Å². The van der Waals surface area contributed by atoms with E-state index in [0.717, 1.165) is 11.3 Å². The van der Waals surface area contributed by atoms with Gasteiger partial charge in [-0.05, 0) is 31.5 Å². The molecule has 0 spiro atoms. The van der Waals surface area contributed by atoms with Crippen LogP contribution in [0.4, 0.5) is 0 Å². The molecule has 0 fully saturated rings. The van der Waals surface area contributed by atoms with E-state index in [9.17, 15) is 0 Å². The lowest BCUT2D eigenvalue weighted by molar-refractivity contribution is 0.0923. The molecule has 0 heterocycles. The van der Waals surface area contributed by atoms with Gasteiger partial charge in [-0.3, -0.25) is 0 Å². The summed E-state index contributed by atoms with van der Waals surface area (Å²) in [5, 5.41) is 0. The second-order valence-electron chi connectivity index (χ2n) is 3.49. The predicted molar refractivity (Wildman–Crippen MR) is 67.4 cm³/mol. The van der Waals surface area contributed by atoms with Crippen LogP contribution in [0.3, 0.4) is 0 Å². The average Bonchev–Trinajstić information content (AvgIpc) is 2.38. The molecular formula is C14H18O3. The molecule has 17 heavy (non-hydrogen) atoms. The van der Waals surface area contributed by atoms with Crippen LogP contribution in [0.2, 0.25) is 0 Å². The van der Waals surface area contributed by atoms with Crippen molar-refractivity contribution in [3.63, 3.8) is 0 Å². The molecule has 1 aromatic rings. The minimum atomic E-state index is -0.0179. The van der Waals surface area contributed by atoms with E-state index < -0.39 is 0 Å². The summed E-state index contributed by atoms with van der Waals surface area (Å²) in [4.78, 5) is 0. The van der Waals surface area contributed by atoms with E-state index >= 15 is 0 Å². The zero-order chi connectivity index (χ0) is 12.7. The van der Waals surface area contributed by atoms with Gasteiger partial charge >= 0.3 is 0 Å². The quantitative estimate of drug-likeness (QED) is 0.733. The molecule has 3 heteroatoms. The highest BCUT2D eigenvalue weighted by atomic mass is 16.5. The number of ether oxygens (including phenoxy) is 3. The van der Waals surface area contributed by atoms with E-state index in [4.69, 9.17) is 14.2 Å². The van der Waals surface area contributed by atoms with Crippen LogP contribution < -0.4 is 9.47 Å². The molecule has 0 aromatic heterocycles. The average molecular weight is 234 g/mol. The van der Waals surface area contributed by atoms with Gasteiger partial charge in [0.25, 0.3) is 0 Å². The van der Waals surface area contributed by atoms with Gasteiger partial charge in [-0.1, -0.05) is 12.0 Å². The van der Waals surface area contributed by atoms with E-state index in [-0.39, 0.29) is 6.10 Å². The van der Waals surface area contributed by atoms with Crippen molar-refractivity contribution in [3.05, 3.63) is 23.8 Å². The lowest BCUT2D eigenvalue weighted by Crippen LogP contribution is -2.01. The summed E-state index contributed by atoms with van der Waals surface area (Å²) < 4.78 is 16.0. The molecule has 1 atom stereocenters. The molecule has 0 bridgehead atoms. The first-order valence-electron chi connectivity index (χ1n) is 5.46. The molecule has 0 saturated carbocycles. The number of hydrogen-bond donors (Lipinski definition) is 0. The van der Waals surface area contributed by atoms with Gasteiger partial charge in [0.1, 0.15) is 6.61 Å². The smallest absolute Gasteiger partial charge is 0.161 e. The maximum absolute atomic E-state index is 5.57. The third kappa shape index (κ3) is 3.69. The molecular weight excluding hydrogens is 216 g/mol. The molecule has 0 aliphatic heterocycles. The third-order valence-corrected chi connectivity index (χ3v) is 2.46. The van der Waals surface area contributed by atoms with E-state index in [1.165, 1.54) is 0 Å². The number of hydrogen-bond acceptors (Lipinski definition) is 3. The summed E-state index contributed by atoms with van der Waals surface area (Å²) in [5.41, 5.74) is 1.04. The van der Waals surface area contributed by atoms with Gasteiger partial charge < -0.3 is 14.2 Å². The minimum absolute atomic E-state index is 0.0179. The van der Waals surface area contributed by atoms with E-state index in [1.807, 2.05) is 25.1 Å². The molecule has 0 aliphatic rings. The van der Waals surface area contributed by atoms with E-state index in [0.29, 0.717) is 12.4 Å². The molecule has 92 valence electrons. The molecule has 0 N–H and O–H groups in total. The van der Waals surface area contributed by atoms with Gasteiger partial charge in [-0.2, -0.15) is 0 Å². The first kappa shape index (κ1) is 13.4. The van der Waals surface area contributed by atoms with Crippen LogP contribution in [0.25, 0.3) is 0 Å². The van der Waals surface area contributed by atoms with Gasteiger partial charge in [0.05, 0.1) is 20.3 Å². The van der Waals surface area contributed by atoms with Crippen molar-refractivity contribution in [3.8, 4) is 23.3 Å². The lowest BCUT2D eigenvalue weighted by Gasteiger charge is -2.14. The topological polar surface area (TPSA) is 27.7 Å². The van der Waals surface area contributed by atoms with Gasteiger partial charge in [0, 0.05) is 0 Å². The van der Waals surface area contributed by atoms with Crippen LogP contribution in [0.15, 0.2) is 18.2 Å². The van der Waals surface area contributed by atoms with Crippen molar-refractivity contribution < 1.29 is 14.2 Å². The van der Waals surface area contributed by atoms with Crippen LogP contribution in [0.5, 0.6) is 11.5 Å². The van der Waals surface area contributed by atoms with Crippen LogP contribution in [0, 0.1) is 11.8 Å². The second kappa shape index (κ2) is 6.82.